The second-order valence-corrected chi connectivity index (χ2v) is 6.31. The lowest BCUT2D eigenvalue weighted by atomic mass is 9.99. The van der Waals surface area contributed by atoms with E-state index >= 15 is 0 Å². The van der Waals surface area contributed by atoms with Gasteiger partial charge in [-0.2, -0.15) is 5.10 Å². The van der Waals surface area contributed by atoms with Gasteiger partial charge in [0.25, 0.3) is 0 Å². The zero-order valence-corrected chi connectivity index (χ0v) is 13.5. The molecule has 6 nitrogen and oxygen atoms in total. The van der Waals surface area contributed by atoms with Gasteiger partial charge in [0.1, 0.15) is 5.82 Å². The minimum Gasteiger partial charge on any atom is -0.342 e. The van der Waals surface area contributed by atoms with Crippen LogP contribution in [0, 0.1) is 0 Å². The van der Waals surface area contributed by atoms with E-state index in [-0.39, 0.29) is 11.9 Å². The van der Waals surface area contributed by atoms with Crippen LogP contribution in [0.1, 0.15) is 43.2 Å². The number of nitrogens with zero attached hydrogens (tertiary/aromatic N) is 3. The lowest BCUT2D eigenvalue weighted by Crippen LogP contribution is -2.38. The average molecular weight is 323 g/mol. The van der Waals surface area contributed by atoms with E-state index in [0.717, 1.165) is 48.4 Å². The third-order valence-electron chi connectivity index (χ3n) is 4.72. The number of imidazole rings is 1. The average Bonchev–Trinajstić information content (AvgIpc) is 3.28. The first-order valence-electron chi connectivity index (χ1n) is 8.53. The molecule has 4 rings (SSSR count). The molecule has 1 aromatic carbocycles. The largest absolute Gasteiger partial charge is 0.342 e. The van der Waals surface area contributed by atoms with Crippen molar-refractivity contribution in [2.45, 2.75) is 38.1 Å². The number of hydrogen-bond donors (Lipinski definition) is 2. The molecule has 3 heterocycles. The molecule has 3 aromatic rings. The molecule has 0 aliphatic carbocycles. The molecule has 24 heavy (non-hydrogen) atoms. The summed E-state index contributed by atoms with van der Waals surface area (Å²) < 4.78 is 0. The number of aryl methyl sites for hydroxylation is 1. The van der Waals surface area contributed by atoms with Crippen molar-refractivity contribution < 1.29 is 4.79 Å². The Bertz CT molecular complexity index is 790. The molecule has 124 valence electrons. The molecular formula is C18H21N5O. The van der Waals surface area contributed by atoms with Crippen molar-refractivity contribution >= 4 is 16.9 Å². The van der Waals surface area contributed by atoms with Crippen molar-refractivity contribution in [3.63, 3.8) is 0 Å². The fourth-order valence-corrected chi connectivity index (χ4v) is 3.50. The minimum absolute atomic E-state index is 0.129. The quantitative estimate of drug-likeness (QED) is 0.775. The van der Waals surface area contributed by atoms with Gasteiger partial charge >= 0.3 is 0 Å². The van der Waals surface area contributed by atoms with Gasteiger partial charge in [0.15, 0.2) is 0 Å². The van der Waals surface area contributed by atoms with Gasteiger partial charge in [-0.1, -0.05) is 12.1 Å². The summed E-state index contributed by atoms with van der Waals surface area (Å²) in [6.07, 6.45) is 6.09. The molecule has 1 saturated heterocycles. The second kappa shape index (κ2) is 6.47. The Morgan fingerprint density at radius 3 is 3.00 bits per heavy atom. The molecule has 1 fully saturated rings. The molecule has 1 aliphatic heterocycles. The first-order valence-corrected chi connectivity index (χ1v) is 8.53. The van der Waals surface area contributed by atoms with Crippen LogP contribution in [0.3, 0.4) is 0 Å². The minimum atomic E-state index is 0.129. The van der Waals surface area contributed by atoms with Crippen molar-refractivity contribution in [1.82, 2.24) is 25.1 Å². The number of rotatable bonds is 4. The lowest BCUT2D eigenvalue weighted by molar-refractivity contribution is -0.135. The van der Waals surface area contributed by atoms with Crippen LogP contribution < -0.4 is 0 Å². The predicted octanol–water partition coefficient (Wildman–Crippen LogP) is 2.97. The standard InChI is InChI=1S/C18H21N5O/c24-18(9-8-17-20-13-5-1-2-6-14(13)21-17)23-12-4-3-7-16(23)15-10-11-19-22-15/h1-2,5-6,10-11,16H,3-4,7-9,12H2,(H,19,22)(H,20,21). The van der Waals surface area contributed by atoms with Crippen molar-refractivity contribution in [2.24, 2.45) is 0 Å². The number of hydrogen-bond acceptors (Lipinski definition) is 3. The number of aromatic nitrogens is 4. The Morgan fingerprint density at radius 1 is 1.25 bits per heavy atom. The lowest BCUT2D eigenvalue weighted by Gasteiger charge is -2.35. The van der Waals surface area contributed by atoms with E-state index in [2.05, 4.69) is 20.2 Å². The number of nitrogens with one attached hydrogen (secondary N) is 2. The topological polar surface area (TPSA) is 77.7 Å². The number of carbonyl (C=O) groups is 1. The molecule has 2 N–H and O–H groups in total. The van der Waals surface area contributed by atoms with E-state index in [1.165, 1.54) is 0 Å². The smallest absolute Gasteiger partial charge is 0.223 e. The molecule has 0 saturated carbocycles. The summed E-state index contributed by atoms with van der Waals surface area (Å²) in [6.45, 7) is 0.822. The molecular weight excluding hydrogens is 302 g/mol. The van der Waals surface area contributed by atoms with Crippen molar-refractivity contribution in [3.8, 4) is 0 Å². The molecule has 0 radical (unpaired) electrons. The third kappa shape index (κ3) is 2.91. The van der Waals surface area contributed by atoms with Gasteiger partial charge in [-0.15, -0.1) is 0 Å². The zero-order chi connectivity index (χ0) is 16.4. The van der Waals surface area contributed by atoms with Crippen LogP contribution in [0.25, 0.3) is 11.0 Å². The molecule has 1 atom stereocenters. The zero-order valence-electron chi connectivity index (χ0n) is 13.5. The molecule has 0 bridgehead atoms. The van der Waals surface area contributed by atoms with Crippen LogP contribution in [0.2, 0.25) is 0 Å². The highest BCUT2D eigenvalue weighted by molar-refractivity contribution is 5.78. The highest BCUT2D eigenvalue weighted by atomic mass is 16.2. The molecule has 6 heteroatoms. The van der Waals surface area contributed by atoms with E-state index in [1.54, 1.807) is 6.20 Å². The number of H-pyrrole nitrogens is 2. The summed E-state index contributed by atoms with van der Waals surface area (Å²) >= 11 is 0. The van der Waals surface area contributed by atoms with Crippen LogP contribution in [0.15, 0.2) is 36.5 Å². The normalized spacial score (nSPS) is 18.2. The van der Waals surface area contributed by atoms with Crippen LogP contribution >= 0.6 is 0 Å². The fourth-order valence-electron chi connectivity index (χ4n) is 3.50. The first kappa shape index (κ1) is 14.9. The van der Waals surface area contributed by atoms with Crippen LogP contribution in [0.4, 0.5) is 0 Å². The summed E-state index contributed by atoms with van der Waals surface area (Å²) in [5, 5.41) is 7.05. The number of para-hydroxylation sites is 2. The van der Waals surface area contributed by atoms with Crippen LogP contribution in [0.5, 0.6) is 0 Å². The first-order chi connectivity index (χ1) is 11.8. The van der Waals surface area contributed by atoms with E-state index in [9.17, 15) is 4.79 Å². The highest BCUT2D eigenvalue weighted by Gasteiger charge is 2.28. The van der Waals surface area contributed by atoms with E-state index in [4.69, 9.17) is 0 Å². The van der Waals surface area contributed by atoms with Gasteiger partial charge in [-0.3, -0.25) is 9.89 Å². The highest BCUT2D eigenvalue weighted by Crippen LogP contribution is 2.30. The summed E-state index contributed by atoms with van der Waals surface area (Å²) in [5.41, 5.74) is 3.01. The number of aromatic amines is 2. The Labute approximate surface area is 140 Å². The van der Waals surface area contributed by atoms with Gasteiger partial charge in [0.05, 0.1) is 22.8 Å². The number of amides is 1. The van der Waals surface area contributed by atoms with E-state index in [0.29, 0.717) is 12.8 Å². The Kier molecular flexibility index (Phi) is 4.02. The number of likely N-dealkylation sites (tertiary alicyclic amines) is 1. The molecule has 2 aromatic heterocycles. The Hall–Kier alpha value is -2.63. The number of benzene rings is 1. The maximum atomic E-state index is 12.7. The van der Waals surface area contributed by atoms with Gasteiger partial charge in [-0.25, -0.2) is 4.98 Å². The third-order valence-corrected chi connectivity index (χ3v) is 4.72. The molecule has 1 amide bonds. The van der Waals surface area contributed by atoms with Crippen molar-refractivity contribution in [3.05, 3.63) is 48.0 Å². The van der Waals surface area contributed by atoms with E-state index in [1.807, 2.05) is 35.2 Å². The summed E-state index contributed by atoms with van der Waals surface area (Å²) in [6, 6.07) is 10.0. The Balaban J connectivity index is 1.44. The van der Waals surface area contributed by atoms with Crippen LogP contribution in [-0.2, 0) is 11.2 Å². The Morgan fingerprint density at radius 2 is 2.17 bits per heavy atom. The van der Waals surface area contributed by atoms with Gasteiger partial charge < -0.3 is 9.88 Å². The fraction of sp³-hybridized carbons (Fsp3) is 0.389. The van der Waals surface area contributed by atoms with Gasteiger partial charge in [0.2, 0.25) is 5.91 Å². The molecule has 1 unspecified atom stereocenters. The van der Waals surface area contributed by atoms with Crippen LogP contribution in [-0.4, -0.2) is 37.5 Å². The SMILES string of the molecule is O=C(CCc1nc2ccccc2[nH]1)N1CCCCC1c1ccn[nH]1. The maximum absolute atomic E-state index is 12.7. The second-order valence-electron chi connectivity index (χ2n) is 6.31. The van der Waals surface area contributed by atoms with Gasteiger partial charge in [0, 0.05) is 25.6 Å². The summed E-state index contributed by atoms with van der Waals surface area (Å²) in [5.74, 6) is 1.06. The van der Waals surface area contributed by atoms with Gasteiger partial charge in [-0.05, 0) is 37.5 Å². The molecule has 1 aliphatic rings. The van der Waals surface area contributed by atoms with Crippen molar-refractivity contribution in [2.75, 3.05) is 6.54 Å². The summed E-state index contributed by atoms with van der Waals surface area (Å²) in [7, 11) is 0. The number of fused-ring (bicyclic) bond motifs is 1. The molecule has 0 spiro atoms. The monoisotopic (exact) mass is 323 g/mol. The summed E-state index contributed by atoms with van der Waals surface area (Å²) in [4.78, 5) is 22.6. The number of piperidine rings is 1. The predicted molar refractivity (Wildman–Crippen MR) is 91.3 cm³/mol. The van der Waals surface area contributed by atoms with E-state index < -0.39 is 0 Å². The van der Waals surface area contributed by atoms with Crippen molar-refractivity contribution in [1.29, 1.82) is 0 Å². The number of carbonyl (C=O) groups excluding carboxylic acids is 1. The maximum Gasteiger partial charge on any atom is 0.223 e.